The van der Waals surface area contributed by atoms with Crippen molar-refractivity contribution >= 4 is 5.91 Å². The third-order valence-electron chi connectivity index (χ3n) is 5.52. The predicted molar refractivity (Wildman–Crippen MR) is 108 cm³/mol. The minimum Gasteiger partial charge on any atom is -0.492 e. The Morgan fingerprint density at radius 3 is 2.86 bits per heavy atom. The van der Waals surface area contributed by atoms with Gasteiger partial charge < -0.3 is 14.4 Å². The molecule has 2 heterocycles. The lowest BCUT2D eigenvalue weighted by molar-refractivity contribution is 0.0493. The molecule has 4 rings (SSSR count). The molecule has 0 radical (unpaired) electrons. The molecule has 1 amide bonds. The van der Waals surface area contributed by atoms with Crippen LogP contribution < -0.4 is 4.74 Å². The molecule has 0 bridgehead atoms. The standard InChI is InChI=1S/C23H28N2O3/c26-23(19-15-18-7-4-5-11-22(18)24-16-19)25(17-21-10-6-13-27-21)12-14-28-20-8-2-1-3-9-20/h1-3,8-9,15-16,21H,4-7,10-14,17H2/t21-/m1/s1. The molecule has 0 unspecified atom stereocenters. The first-order valence-electron chi connectivity index (χ1n) is 10.4. The number of rotatable bonds is 7. The van der Waals surface area contributed by atoms with E-state index in [1.165, 1.54) is 18.4 Å². The number of carbonyl (C=O) groups is 1. The molecule has 1 fully saturated rings. The molecule has 28 heavy (non-hydrogen) atoms. The third-order valence-corrected chi connectivity index (χ3v) is 5.52. The van der Waals surface area contributed by atoms with Crippen LogP contribution in [-0.4, -0.2) is 48.2 Å². The van der Waals surface area contributed by atoms with Gasteiger partial charge in [-0.1, -0.05) is 18.2 Å². The zero-order valence-electron chi connectivity index (χ0n) is 16.3. The molecule has 0 N–H and O–H groups in total. The van der Waals surface area contributed by atoms with Gasteiger partial charge in [0.05, 0.1) is 18.2 Å². The van der Waals surface area contributed by atoms with Crippen LogP contribution in [0.5, 0.6) is 5.75 Å². The molecule has 1 aromatic carbocycles. The highest BCUT2D eigenvalue weighted by Gasteiger charge is 2.24. The van der Waals surface area contributed by atoms with Gasteiger partial charge in [-0.3, -0.25) is 9.78 Å². The van der Waals surface area contributed by atoms with Gasteiger partial charge in [0.25, 0.3) is 5.91 Å². The molecular weight excluding hydrogens is 352 g/mol. The highest BCUT2D eigenvalue weighted by atomic mass is 16.5. The predicted octanol–water partition coefficient (Wildman–Crippen LogP) is 3.66. The Morgan fingerprint density at radius 2 is 2.04 bits per heavy atom. The number of benzene rings is 1. The smallest absolute Gasteiger partial charge is 0.255 e. The van der Waals surface area contributed by atoms with Crippen LogP contribution in [0.15, 0.2) is 42.6 Å². The molecule has 2 aromatic rings. The number of aryl methyl sites for hydroxylation is 2. The molecule has 1 saturated heterocycles. The lowest BCUT2D eigenvalue weighted by atomic mass is 9.95. The number of nitrogens with zero attached hydrogens (tertiary/aromatic N) is 2. The Hall–Kier alpha value is -2.40. The van der Waals surface area contributed by atoms with E-state index in [2.05, 4.69) is 4.98 Å². The van der Waals surface area contributed by atoms with E-state index in [1.807, 2.05) is 41.3 Å². The van der Waals surface area contributed by atoms with Gasteiger partial charge in [-0.15, -0.1) is 0 Å². The van der Waals surface area contributed by atoms with E-state index >= 15 is 0 Å². The number of fused-ring (bicyclic) bond motifs is 1. The largest absolute Gasteiger partial charge is 0.492 e. The minimum absolute atomic E-state index is 0.0213. The summed E-state index contributed by atoms with van der Waals surface area (Å²) in [5, 5.41) is 0. The molecule has 5 heteroatoms. The summed E-state index contributed by atoms with van der Waals surface area (Å²) in [6, 6.07) is 11.8. The maximum Gasteiger partial charge on any atom is 0.255 e. The first kappa shape index (κ1) is 18.9. The number of hydrogen-bond acceptors (Lipinski definition) is 4. The number of pyridine rings is 1. The van der Waals surface area contributed by atoms with E-state index in [0.29, 0.717) is 25.3 Å². The van der Waals surface area contributed by atoms with Gasteiger partial charge in [0, 0.05) is 25.0 Å². The molecule has 1 atom stereocenters. The van der Waals surface area contributed by atoms with Crippen LogP contribution >= 0.6 is 0 Å². The average Bonchev–Trinajstić information content (AvgIpc) is 3.26. The van der Waals surface area contributed by atoms with E-state index in [9.17, 15) is 4.79 Å². The lowest BCUT2D eigenvalue weighted by Gasteiger charge is -2.26. The monoisotopic (exact) mass is 380 g/mol. The van der Waals surface area contributed by atoms with Gasteiger partial charge in [0.2, 0.25) is 0 Å². The summed E-state index contributed by atoms with van der Waals surface area (Å²) in [5.74, 6) is 0.843. The van der Waals surface area contributed by atoms with Crippen LogP contribution in [0.4, 0.5) is 0 Å². The summed E-state index contributed by atoms with van der Waals surface area (Å²) in [5.41, 5.74) is 3.06. The fourth-order valence-corrected chi connectivity index (χ4v) is 3.99. The summed E-state index contributed by atoms with van der Waals surface area (Å²) in [4.78, 5) is 19.7. The van der Waals surface area contributed by atoms with Crippen molar-refractivity contribution in [2.75, 3.05) is 26.3 Å². The summed E-state index contributed by atoms with van der Waals surface area (Å²) >= 11 is 0. The van der Waals surface area contributed by atoms with Gasteiger partial charge in [-0.05, 0) is 62.3 Å². The van der Waals surface area contributed by atoms with Crippen LogP contribution in [0.3, 0.4) is 0 Å². The topological polar surface area (TPSA) is 51.7 Å². The SMILES string of the molecule is O=C(c1cnc2c(c1)CCCC2)N(CCOc1ccccc1)C[C@H]1CCCO1. The van der Waals surface area contributed by atoms with Crippen molar-refractivity contribution in [1.29, 1.82) is 0 Å². The quantitative estimate of drug-likeness (QED) is 0.736. The van der Waals surface area contributed by atoms with E-state index in [-0.39, 0.29) is 12.0 Å². The molecule has 5 nitrogen and oxygen atoms in total. The Balaban J connectivity index is 1.44. The van der Waals surface area contributed by atoms with E-state index < -0.39 is 0 Å². The second-order valence-corrected chi connectivity index (χ2v) is 7.58. The number of amides is 1. The summed E-state index contributed by atoms with van der Waals surface area (Å²) in [6.07, 6.45) is 8.34. The number of ether oxygens (including phenoxy) is 2. The first-order valence-corrected chi connectivity index (χ1v) is 10.4. The van der Waals surface area contributed by atoms with Gasteiger partial charge in [0.1, 0.15) is 12.4 Å². The maximum absolute atomic E-state index is 13.2. The van der Waals surface area contributed by atoms with E-state index in [0.717, 1.165) is 43.7 Å². The summed E-state index contributed by atoms with van der Waals surface area (Å²) < 4.78 is 11.6. The van der Waals surface area contributed by atoms with Crippen molar-refractivity contribution < 1.29 is 14.3 Å². The third kappa shape index (κ3) is 4.71. The zero-order valence-corrected chi connectivity index (χ0v) is 16.3. The zero-order chi connectivity index (χ0) is 19.2. The highest BCUT2D eigenvalue weighted by Crippen LogP contribution is 2.21. The van der Waals surface area contributed by atoms with Crippen molar-refractivity contribution in [3.63, 3.8) is 0 Å². The Bertz CT molecular complexity index is 788. The maximum atomic E-state index is 13.2. The minimum atomic E-state index is 0.0213. The van der Waals surface area contributed by atoms with Crippen LogP contribution in [-0.2, 0) is 17.6 Å². The van der Waals surface area contributed by atoms with Crippen molar-refractivity contribution in [2.24, 2.45) is 0 Å². The van der Waals surface area contributed by atoms with Gasteiger partial charge in [-0.2, -0.15) is 0 Å². The molecule has 0 saturated carbocycles. The normalized spacial score (nSPS) is 18.5. The van der Waals surface area contributed by atoms with Gasteiger partial charge in [0.15, 0.2) is 0 Å². The Morgan fingerprint density at radius 1 is 1.18 bits per heavy atom. The number of aromatic nitrogens is 1. The summed E-state index contributed by atoms with van der Waals surface area (Å²) in [6.45, 7) is 2.38. The van der Waals surface area contributed by atoms with Crippen molar-refractivity contribution in [3.8, 4) is 5.75 Å². The fourth-order valence-electron chi connectivity index (χ4n) is 3.99. The van der Waals surface area contributed by atoms with E-state index in [4.69, 9.17) is 9.47 Å². The van der Waals surface area contributed by atoms with Crippen LogP contribution in [0.2, 0.25) is 0 Å². The van der Waals surface area contributed by atoms with Crippen LogP contribution in [0.1, 0.15) is 47.3 Å². The fraction of sp³-hybridized carbons (Fsp3) is 0.478. The average molecular weight is 380 g/mol. The Kier molecular flexibility index (Phi) is 6.22. The Labute approximate surface area is 166 Å². The highest BCUT2D eigenvalue weighted by molar-refractivity contribution is 5.94. The lowest BCUT2D eigenvalue weighted by Crippen LogP contribution is -2.40. The van der Waals surface area contributed by atoms with Gasteiger partial charge in [-0.25, -0.2) is 0 Å². The molecule has 2 aliphatic rings. The van der Waals surface area contributed by atoms with Crippen molar-refractivity contribution in [3.05, 3.63) is 59.4 Å². The van der Waals surface area contributed by atoms with Crippen molar-refractivity contribution in [2.45, 2.75) is 44.6 Å². The molecule has 1 aliphatic heterocycles. The number of hydrogen-bond donors (Lipinski definition) is 0. The first-order chi connectivity index (χ1) is 13.8. The van der Waals surface area contributed by atoms with Crippen LogP contribution in [0, 0.1) is 0 Å². The molecule has 1 aromatic heterocycles. The number of para-hydroxylation sites is 1. The molecule has 148 valence electrons. The second kappa shape index (κ2) is 9.20. The number of carbonyl (C=O) groups excluding carboxylic acids is 1. The van der Waals surface area contributed by atoms with Crippen molar-refractivity contribution in [1.82, 2.24) is 9.88 Å². The molecular formula is C23H28N2O3. The molecule has 1 aliphatic carbocycles. The molecule has 0 spiro atoms. The summed E-state index contributed by atoms with van der Waals surface area (Å²) in [7, 11) is 0. The van der Waals surface area contributed by atoms with Crippen LogP contribution in [0.25, 0.3) is 0 Å². The second-order valence-electron chi connectivity index (χ2n) is 7.58. The van der Waals surface area contributed by atoms with Gasteiger partial charge >= 0.3 is 0 Å². The van der Waals surface area contributed by atoms with E-state index in [1.54, 1.807) is 6.20 Å².